The number of hydrogen-bond acceptors (Lipinski definition) is 6. The Balaban J connectivity index is 2.10. The SMILES string of the molecule is CCOc1ccc(/C(O)=C2/C(=O)C(=O)N(CCOC(C)C)C2c2cccnc2)cc1C(C)C. The van der Waals surface area contributed by atoms with E-state index in [-0.39, 0.29) is 36.5 Å². The molecule has 1 atom stereocenters. The average molecular weight is 453 g/mol. The molecule has 1 amide bonds. The lowest BCUT2D eigenvalue weighted by molar-refractivity contribution is -0.140. The number of Topliss-reactive ketones (excluding diaryl/α,β-unsaturated/α-hetero) is 1. The van der Waals surface area contributed by atoms with Gasteiger partial charge >= 0.3 is 0 Å². The molecule has 33 heavy (non-hydrogen) atoms. The topological polar surface area (TPSA) is 89.0 Å². The summed E-state index contributed by atoms with van der Waals surface area (Å²) >= 11 is 0. The summed E-state index contributed by atoms with van der Waals surface area (Å²) < 4.78 is 11.3. The monoisotopic (exact) mass is 452 g/mol. The normalized spacial score (nSPS) is 17.9. The molecular weight excluding hydrogens is 420 g/mol. The standard InChI is InChI=1S/C26H32N2O5/c1-6-32-21-10-9-18(14-20(21)16(2)3)24(29)22-23(19-8-7-11-27-15-19)28(26(31)25(22)30)12-13-33-17(4)5/h7-11,14-17,23,29H,6,12-13H2,1-5H3/b24-22-. The number of pyridine rings is 1. The van der Waals surface area contributed by atoms with Gasteiger partial charge in [0, 0.05) is 24.5 Å². The maximum absolute atomic E-state index is 13.1. The van der Waals surface area contributed by atoms with Crippen LogP contribution in [-0.4, -0.2) is 52.5 Å². The van der Waals surface area contributed by atoms with E-state index in [4.69, 9.17) is 9.47 Å². The first kappa shape index (κ1) is 24.5. The third-order valence-electron chi connectivity index (χ3n) is 5.53. The van der Waals surface area contributed by atoms with Crippen molar-refractivity contribution in [2.45, 2.75) is 52.7 Å². The van der Waals surface area contributed by atoms with Crippen LogP contribution in [0.1, 0.15) is 63.3 Å². The van der Waals surface area contributed by atoms with Crippen molar-refractivity contribution in [2.24, 2.45) is 0 Å². The zero-order chi connectivity index (χ0) is 24.1. The number of ether oxygens (including phenoxy) is 2. The van der Waals surface area contributed by atoms with Gasteiger partial charge in [0.2, 0.25) is 0 Å². The Bertz CT molecular complexity index is 1030. The van der Waals surface area contributed by atoms with Crippen molar-refractivity contribution in [3.05, 3.63) is 65.0 Å². The number of benzene rings is 1. The molecule has 0 aliphatic carbocycles. The zero-order valence-electron chi connectivity index (χ0n) is 19.9. The Hall–Kier alpha value is -3.19. The van der Waals surface area contributed by atoms with Crippen LogP contribution in [0.3, 0.4) is 0 Å². The van der Waals surface area contributed by atoms with Crippen molar-refractivity contribution in [3.63, 3.8) is 0 Å². The van der Waals surface area contributed by atoms with E-state index in [1.54, 1.807) is 36.7 Å². The van der Waals surface area contributed by atoms with Crippen LogP contribution in [0.5, 0.6) is 5.75 Å². The number of ketones is 1. The molecule has 1 aromatic heterocycles. The highest BCUT2D eigenvalue weighted by molar-refractivity contribution is 6.46. The van der Waals surface area contributed by atoms with Gasteiger partial charge in [0.1, 0.15) is 11.5 Å². The van der Waals surface area contributed by atoms with Crippen LogP contribution in [0.2, 0.25) is 0 Å². The van der Waals surface area contributed by atoms with Crippen molar-refractivity contribution in [1.82, 2.24) is 9.88 Å². The quantitative estimate of drug-likeness (QED) is 0.344. The number of nitrogens with zero attached hydrogens (tertiary/aromatic N) is 2. The number of aromatic nitrogens is 1. The number of amides is 1. The summed E-state index contributed by atoms with van der Waals surface area (Å²) in [4.78, 5) is 31.7. The molecule has 1 saturated heterocycles. The van der Waals surface area contributed by atoms with Crippen molar-refractivity contribution < 1.29 is 24.2 Å². The first-order chi connectivity index (χ1) is 15.8. The predicted octanol–water partition coefficient (Wildman–Crippen LogP) is 4.45. The second-order valence-electron chi connectivity index (χ2n) is 8.54. The highest BCUT2D eigenvalue weighted by Crippen LogP contribution is 2.40. The van der Waals surface area contributed by atoms with Gasteiger partial charge in [-0.3, -0.25) is 14.6 Å². The summed E-state index contributed by atoms with van der Waals surface area (Å²) in [5.74, 6) is -0.707. The van der Waals surface area contributed by atoms with Crippen LogP contribution in [0.4, 0.5) is 0 Å². The van der Waals surface area contributed by atoms with Crippen molar-refractivity contribution in [3.8, 4) is 5.75 Å². The minimum absolute atomic E-state index is 0.00280. The maximum atomic E-state index is 13.1. The third kappa shape index (κ3) is 5.25. The van der Waals surface area contributed by atoms with Gasteiger partial charge in [-0.25, -0.2) is 0 Å². The molecule has 1 unspecified atom stereocenters. The van der Waals surface area contributed by atoms with E-state index < -0.39 is 17.7 Å². The average Bonchev–Trinajstić information content (AvgIpc) is 3.04. The van der Waals surface area contributed by atoms with E-state index in [0.29, 0.717) is 17.7 Å². The van der Waals surface area contributed by atoms with Crippen LogP contribution in [-0.2, 0) is 14.3 Å². The lowest BCUT2D eigenvalue weighted by Crippen LogP contribution is -2.33. The van der Waals surface area contributed by atoms with Crippen LogP contribution in [0, 0.1) is 0 Å². The first-order valence-corrected chi connectivity index (χ1v) is 11.3. The van der Waals surface area contributed by atoms with Gasteiger partial charge in [-0.2, -0.15) is 0 Å². The van der Waals surface area contributed by atoms with Gasteiger partial charge in [0.25, 0.3) is 11.7 Å². The van der Waals surface area contributed by atoms with Gasteiger partial charge in [-0.15, -0.1) is 0 Å². The molecule has 0 bridgehead atoms. The van der Waals surface area contributed by atoms with Crippen molar-refractivity contribution in [1.29, 1.82) is 0 Å². The van der Waals surface area contributed by atoms with Gasteiger partial charge in [-0.05, 0) is 62.1 Å². The fourth-order valence-electron chi connectivity index (χ4n) is 3.97. The molecule has 1 aliphatic rings. The summed E-state index contributed by atoms with van der Waals surface area (Å²) in [6.07, 6.45) is 3.23. The molecule has 3 rings (SSSR count). The van der Waals surface area contributed by atoms with E-state index >= 15 is 0 Å². The summed E-state index contributed by atoms with van der Waals surface area (Å²) in [5, 5.41) is 11.3. The summed E-state index contributed by atoms with van der Waals surface area (Å²) in [6.45, 7) is 10.8. The molecule has 0 radical (unpaired) electrons. The summed E-state index contributed by atoms with van der Waals surface area (Å²) in [7, 11) is 0. The Morgan fingerprint density at radius 3 is 2.55 bits per heavy atom. The smallest absolute Gasteiger partial charge is 0.295 e. The molecule has 0 saturated carbocycles. The van der Waals surface area contributed by atoms with Crippen molar-refractivity contribution in [2.75, 3.05) is 19.8 Å². The lowest BCUT2D eigenvalue weighted by Gasteiger charge is -2.25. The molecule has 1 N–H and O–H groups in total. The number of hydrogen-bond donors (Lipinski definition) is 1. The molecular formula is C26H32N2O5. The molecule has 1 aromatic carbocycles. The number of likely N-dealkylation sites (tertiary alicyclic amines) is 1. The van der Waals surface area contributed by atoms with Gasteiger partial charge in [0.05, 0.1) is 30.9 Å². The lowest BCUT2D eigenvalue weighted by atomic mass is 9.93. The van der Waals surface area contributed by atoms with E-state index in [1.807, 2.05) is 40.7 Å². The van der Waals surface area contributed by atoms with Crippen LogP contribution >= 0.6 is 0 Å². The predicted molar refractivity (Wildman–Crippen MR) is 126 cm³/mol. The van der Waals surface area contributed by atoms with Gasteiger partial charge in [-0.1, -0.05) is 19.9 Å². The molecule has 1 fully saturated rings. The number of carbonyl (C=O) groups excluding carboxylic acids is 2. The first-order valence-electron chi connectivity index (χ1n) is 11.3. The minimum Gasteiger partial charge on any atom is -0.507 e. The molecule has 176 valence electrons. The number of aliphatic hydroxyl groups excluding tert-OH is 1. The van der Waals surface area contributed by atoms with Crippen molar-refractivity contribution >= 4 is 17.4 Å². The fourth-order valence-corrected chi connectivity index (χ4v) is 3.97. The minimum atomic E-state index is -0.747. The zero-order valence-corrected chi connectivity index (χ0v) is 19.9. The Kier molecular flexibility index (Phi) is 7.87. The fraction of sp³-hybridized carbons (Fsp3) is 0.423. The van der Waals surface area contributed by atoms with E-state index in [1.165, 1.54) is 4.90 Å². The largest absolute Gasteiger partial charge is 0.507 e. The molecule has 7 nitrogen and oxygen atoms in total. The Labute approximate surface area is 195 Å². The van der Waals surface area contributed by atoms with Crippen LogP contribution in [0.15, 0.2) is 48.3 Å². The maximum Gasteiger partial charge on any atom is 0.295 e. The van der Waals surface area contributed by atoms with Gasteiger partial charge in [0.15, 0.2) is 0 Å². The van der Waals surface area contributed by atoms with E-state index in [0.717, 1.165) is 11.3 Å². The number of rotatable bonds is 9. The second-order valence-corrected chi connectivity index (χ2v) is 8.54. The van der Waals surface area contributed by atoms with E-state index in [9.17, 15) is 14.7 Å². The third-order valence-corrected chi connectivity index (χ3v) is 5.53. The van der Waals surface area contributed by atoms with Crippen LogP contribution in [0.25, 0.3) is 5.76 Å². The highest BCUT2D eigenvalue weighted by Gasteiger charge is 2.46. The van der Waals surface area contributed by atoms with Gasteiger partial charge < -0.3 is 19.5 Å². The Morgan fingerprint density at radius 2 is 1.94 bits per heavy atom. The second kappa shape index (κ2) is 10.6. The van der Waals surface area contributed by atoms with E-state index in [2.05, 4.69) is 4.98 Å². The molecule has 2 aromatic rings. The van der Waals surface area contributed by atoms with Crippen LogP contribution < -0.4 is 4.74 Å². The number of carbonyl (C=O) groups is 2. The molecule has 1 aliphatic heterocycles. The molecule has 0 spiro atoms. The number of aliphatic hydroxyl groups is 1. The highest BCUT2D eigenvalue weighted by atomic mass is 16.5. The Morgan fingerprint density at radius 1 is 1.18 bits per heavy atom. The summed E-state index contributed by atoms with van der Waals surface area (Å²) in [5.41, 5.74) is 2.08. The molecule has 2 heterocycles. The molecule has 7 heteroatoms. The summed E-state index contributed by atoms with van der Waals surface area (Å²) in [6, 6.07) is 8.11.